The van der Waals surface area contributed by atoms with Crippen LogP contribution >= 0.6 is 0 Å². The fraction of sp³-hybridized carbons (Fsp3) is 0.273. The van der Waals surface area contributed by atoms with Crippen molar-refractivity contribution in [1.29, 1.82) is 0 Å². The Morgan fingerprint density at radius 3 is 2.22 bits per heavy atom. The molecule has 0 saturated heterocycles. The highest BCUT2D eigenvalue weighted by Gasteiger charge is 2.18. The molecular weight excluding hydrogens is 356 g/mol. The number of nitrogens with one attached hydrogen (secondary N) is 1. The number of fused-ring (bicyclic) bond motifs is 1. The van der Waals surface area contributed by atoms with Gasteiger partial charge in [-0.25, -0.2) is 8.42 Å². The van der Waals surface area contributed by atoms with Crippen LogP contribution in [0.3, 0.4) is 0 Å². The third kappa shape index (κ3) is 4.25. The Hall–Kier alpha value is -2.53. The molecule has 4 nitrogen and oxygen atoms in total. The molecule has 0 amide bonds. The molecule has 142 valence electrons. The lowest BCUT2D eigenvalue weighted by atomic mass is 10.1. The van der Waals surface area contributed by atoms with Gasteiger partial charge in [-0.05, 0) is 42.7 Å². The molecule has 0 aromatic heterocycles. The molecule has 27 heavy (non-hydrogen) atoms. The topological polar surface area (TPSA) is 49.4 Å². The van der Waals surface area contributed by atoms with Gasteiger partial charge in [-0.3, -0.25) is 4.72 Å². The van der Waals surface area contributed by atoms with Crippen LogP contribution in [0, 0.1) is 0 Å². The van der Waals surface area contributed by atoms with Crippen LogP contribution in [0.1, 0.15) is 25.3 Å². The van der Waals surface area contributed by atoms with E-state index >= 15 is 0 Å². The summed E-state index contributed by atoms with van der Waals surface area (Å²) in [6.07, 6.45) is 3.29. The molecule has 3 aromatic carbocycles. The van der Waals surface area contributed by atoms with E-state index in [1.807, 2.05) is 67.5 Å². The van der Waals surface area contributed by atoms with Crippen molar-refractivity contribution >= 4 is 32.2 Å². The summed E-state index contributed by atoms with van der Waals surface area (Å²) in [6.45, 7) is 2.16. The van der Waals surface area contributed by atoms with Crippen molar-refractivity contribution in [2.75, 3.05) is 23.7 Å². The van der Waals surface area contributed by atoms with E-state index in [0.717, 1.165) is 35.7 Å². The normalized spacial score (nSPS) is 11.5. The van der Waals surface area contributed by atoms with Crippen LogP contribution in [-0.2, 0) is 16.4 Å². The molecule has 1 N–H and O–H groups in total. The lowest BCUT2D eigenvalue weighted by Gasteiger charge is -2.17. The van der Waals surface area contributed by atoms with Gasteiger partial charge in [0.1, 0.15) is 0 Å². The van der Waals surface area contributed by atoms with Gasteiger partial charge in [0.15, 0.2) is 0 Å². The highest BCUT2D eigenvalue weighted by Crippen LogP contribution is 2.31. The highest BCUT2D eigenvalue weighted by atomic mass is 32.2. The summed E-state index contributed by atoms with van der Waals surface area (Å²) in [5.41, 5.74) is 2.79. The van der Waals surface area contributed by atoms with Gasteiger partial charge in [-0.2, -0.15) is 0 Å². The number of nitrogens with zero attached hydrogens (tertiary/aromatic N) is 1. The zero-order valence-corrected chi connectivity index (χ0v) is 16.9. The van der Waals surface area contributed by atoms with Crippen LogP contribution < -0.4 is 9.62 Å². The zero-order valence-electron chi connectivity index (χ0n) is 16.1. The number of anilines is 2. The van der Waals surface area contributed by atoms with Crippen molar-refractivity contribution in [2.24, 2.45) is 0 Å². The first-order chi connectivity index (χ1) is 12.9. The van der Waals surface area contributed by atoms with Gasteiger partial charge in [0, 0.05) is 36.2 Å². The van der Waals surface area contributed by atoms with Gasteiger partial charge in [0.05, 0.1) is 4.90 Å². The summed E-state index contributed by atoms with van der Waals surface area (Å²) in [4.78, 5) is 2.28. The molecule has 0 atom stereocenters. The van der Waals surface area contributed by atoms with E-state index in [9.17, 15) is 8.42 Å². The molecule has 0 unspecified atom stereocenters. The fourth-order valence-electron chi connectivity index (χ4n) is 3.22. The Morgan fingerprint density at radius 1 is 0.889 bits per heavy atom. The smallest absolute Gasteiger partial charge is 0.262 e. The number of rotatable bonds is 7. The van der Waals surface area contributed by atoms with Crippen molar-refractivity contribution < 1.29 is 8.42 Å². The highest BCUT2D eigenvalue weighted by molar-refractivity contribution is 7.93. The molecule has 0 fully saturated rings. The molecule has 3 aromatic rings. The van der Waals surface area contributed by atoms with Crippen LogP contribution in [0.5, 0.6) is 0 Å². The first-order valence-electron chi connectivity index (χ1n) is 9.23. The molecule has 0 radical (unpaired) electrons. The van der Waals surface area contributed by atoms with E-state index < -0.39 is 10.0 Å². The first-order valence-corrected chi connectivity index (χ1v) is 10.7. The van der Waals surface area contributed by atoms with E-state index in [1.165, 1.54) is 5.56 Å². The number of hydrogen-bond donors (Lipinski definition) is 1. The van der Waals surface area contributed by atoms with Crippen LogP contribution in [0.4, 0.5) is 11.4 Å². The quantitative estimate of drug-likeness (QED) is 0.622. The second-order valence-electron chi connectivity index (χ2n) is 6.93. The number of aryl methyl sites for hydroxylation is 1. The van der Waals surface area contributed by atoms with Crippen LogP contribution in [0.15, 0.2) is 65.6 Å². The van der Waals surface area contributed by atoms with Gasteiger partial charge in [0.2, 0.25) is 0 Å². The minimum Gasteiger partial charge on any atom is -0.377 e. The fourth-order valence-corrected chi connectivity index (χ4v) is 4.50. The molecule has 0 bridgehead atoms. The van der Waals surface area contributed by atoms with E-state index in [2.05, 4.69) is 11.6 Å². The van der Waals surface area contributed by atoms with Gasteiger partial charge in [-0.15, -0.1) is 0 Å². The van der Waals surface area contributed by atoms with Crippen molar-refractivity contribution in [1.82, 2.24) is 0 Å². The molecule has 0 aliphatic carbocycles. The van der Waals surface area contributed by atoms with E-state index in [-0.39, 0.29) is 0 Å². The van der Waals surface area contributed by atoms with E-state index in [1.54, 1.807) is 12.1 Å². The minimum absolute atomic E-state index is 0.291. The van der Waals surface area contributed by atoms with Crippen LogP contribution in [-0.4, -0.2) is 22.5 Å². The number of sulfonamides is 1. The summed E-state index contributed by atoms with van der Waals surface area (Å²) in [5, 5.41) is 1.64. The van der Waals surface area contributed by atoms with Crippen molar-refractivity contribution in [3.8, 4) is 0 Å². The van der Waals surface area contributed by atoms with E-state index in [0.29, 0.717) is 10.6 Å². The maximum absolute atomic E-state index is 13.0. The second-order valence-corrected chi connectivity index (χ2v) is 8.58. The van der Waals surface area contributed by atoms with Crippen molar-refractivity contribution in [3.05, 3.63) is 66.2 Å². The van der Waals surface area contributed by atoms with Crippen molar-refractivity contribution in [3.63, 3.8) is 0 Å². The summed E-state index contributed by atoms with van der Waals surface area (Å²) in [5.74, 6) is 0. The third-order valence-corrected chi connectivity index (χ3v) is 6.09. The molecule has 3 rings (SSSR count). The summed E-state index contributed by atoms with van der Waals surface area (Å²) >= 11 is 0. The molecular formula is C22H26N2O2S. The van der Waals surface area contributed by atoms with Gasteiger partial charge < -0.3 is 4.90 Å². The third-order valence-electron chi connectivity index (χ3n) is 4.66. The standard InChI is InChI=1S/C22H26N2O2S/c1-4-5-8-17-13-15-18(16-14-17)23-27(25,26)22-12-7-9-19-20(22)10-6-11-21(19)24(2)3/h6-7,9-16,23H,4-5,8H2,1-3H3. The summed E-state index contributed by atoms with van der Waals surface area (Å²) < 4.78 is 28.8. The largest absolute Gasteiger partial charge is 0.377 e. The summed E-state index contributed by atoms with van der Waals surface area (Å²) in [7, 11) is 0.225. The molecule has 0 spiro atoms. The SMILES string of the molecule is CCCCc1ccc(NS(=O)(=O)c2cccc3c(N(C)C)cccc23)cc1. The molecule has 0 aliphatic heterocycles. The Morgan fingerprint density at radius 2 is 1.56 bits per heavy atom. The first kappa shape index (κ1) is 19.2. The van der Waals surface area contributed by atoms with Crippen LogP contribution in [0.25, 0.3) is 10.8 Å². The van der Waals surface area contributed by atoms with Gasteiger partial charge >= 0.3 is 0 Å². The molecule has 0 aliphatic rings. The Labute approximate surface area is 161 Å². The minimum atomic E-state index is -3.68. The maximum atomic E-state index is 13.0. The van der Waals surface area contributed by atoms with E-state index in [4.69, 9.17) is 0 Å². The Kier molecular flexibility index (Phi) is 5.71. The lowest BCUT2D eigenvalue weighted by molar-refractivity contribution is 0.602. The molecule has 0 heterocycles. The Balaban J connectivity index is 1.94. The summed E-state index contributed by atoms with van der Waals surface area (Å²) in [6, 6.07) is 18.8. The average molecular weight is 383 g/mol. The predicted molar refractivity (Wildman–Crippen MR) is 114 cm³/mol. The van der Waals surface area contributed by atoms with Crippen LogP contribution in [0.2, 0.25) is 0 Å². The van der Waals surface area contributed by atoms with Gasteiger partial charge in [-0.1, -0.05) is 49.7 Å². The van der Waals surface area contributed by atoms with Gasteiger partial charge in [0.25, 0.3) is 10.0 Å². The maximum Gasteiger partial charge on any atom is 0.262 e. The number of benzene rings is 3. The monoisotopic (exact) mass is 382 g/mol. The lowest BCUT2D eigenvalue weighted by Crippen LogP contribution is -2.14. The zero-order chi connectivity index (χ0) is 19.4. The number of hydrogen-bond acceptors (Lipinski definition) is 3. The molecule has 0 saturated carbocycles. The molecule has 5 heteroatoms. The number of unbranched alkanes of at least 4 members (excludes halogenated alkanes) is 1. The second kappa shape index (κ2) is 8.01. The van der Waals surface area contributed by atoms with Crippen molar-refractivity contribution in [2.45, 2.75) is 31.1 Å². The average Bonchev–Trinajstić information content (AvgIpc) is 2.66. The predicted octanol–water partition coefficient (Wildman–Crippen LogP) is 5.05. The Bertz CT molecular complexity index is 1030.